The van der Waals surface area contributed by atoms with E-state index in [-0.39, 0.29) is 37.6 Å². The van der Waals surface area contributed by atoms with Crippen molar-refractivity contribution in [2.24, 2.45) is 5.92 Å². The molecule has 10 heteroatoms. The molecule has 0 saturated heterocycles. The predicted molar refractivity (Wildman–Crippen MR) is 150 cm³/mol. The molecule has 1 aliphatic heterocycles. The summed E-state index contributed by atoms with van der Waals surface area (Å²) in [4.78, 5) is 28.6. The van der Waals surface area contributed by atoms with Crippen molar-refractivity contribution in [2.75, 3.05) is 11.4 Å². The Balaban J connectivity index is 1.31. The van der Waals surface area contributed by atoms with E-state index in [0.29, 0.717) is 52.3 Å². The zero-order valence-electron chi connectivity index (χ0n) is 21.9. The number of nitrogens with zero attached hydrogens (tertiary/aromatic N) is 4. The summed E-state index contributed by atoms with van der Waals surface area (Å²) in [7, 11) is 0. The first-order valence-corrected chi connectivity index (χ1v) is 13.7. The molecule has 7 nitrogen and oxygen atoms in total. The van der Waals surface area contributed by atoms with Crippen LogP contribution in [0.5, 0.6) is 6.01 Å². The maximum Gasteiger partial charge on any atom is 0.304 e. The molecule has 2 aromatic carbocycles. The third-order valence-electron chi connectivity index (χ3n) is 7.55. The molecule has 2 aliphatic rings. The maximum absolute atomic E-state index is 14.3. The second kappa shape index (κ2) is 10.5. The minimum Gasteiger partial charge on any atom is -0.459 e. The lowest BCUT2D eigenvalue weighted by atomic mass is 9.89. The minimum atomic E-state index is -2.77. The van der Waals surface area contributed by atoms with Crippen molar-refractivity contribution in [1.82, 2.24) is 19.5 Å². The minimum absolute atomic E-state index is 0.160. The van der Waals surface area contributed by atoms with Crippen LogP contribution in [0.1, 0.15) is 41.6 Å². The number of alkyl halides is 2. The number of ether oxygens (including phenoxy) is 1. The molecule has 4 aromatic rings. The molecule has 0 saturated carbocycles. The van der Waals surface area contributed by atoms with E-state index in [1.165, 1.54) is 11.5 Å². The van der Waals surface area contributed by atoms with Crippen LogP contribution in [0.25, 0.3) is 11.8 Å². The van der Waals surface area contributed by atoms with E-state index in [0.717, 1.165) is 5.56 Å². The molecule has 206 valence electrons. The number of rotatable bonds is 7. The normalized spacial score (nSPS) is 16.5. The second-order valence-electron chi connectivity index (χ2n) is 10.1. The fourth-order valence-electron chi connectivity index (χ4n) is 5.19. The highest BCUT2D eigenvalue weighted by Gasteiger charge is 2.38. The monoisotopic (exact) mass is 563 g/mol. The van der Waals surface area contributed by atoms with Crippen LogP contribution in [0.15, 0.2) is 65.5 Å². The third-order valence-corrected chi connectivity index (χ3v) is 7.92. The Morgan fingerprint density at radius 3 is 2.67 bits per heavy atom. The molecular weight excluding hydrogens is 536 g/mol. The summed E-state index contributed by atoms with van der Waals surface area (Å²) < 4.78 is 36.2. The van der Waals surface area contributed by atoms with Gasteiger partial charge in [-0.2, -0.15) is 0 Å². The van der Waals surface area contributed by atoms with Gasteiger partial charge in [-0.3, -0.25) is 4.79 Å². The van der Waals surface area contributed by atoms with Gasteiger partial charge in [-0.15, -0.1) is 0 Å². The van der Waals surface area contributed by atoms with E-state index < -0.39 is 11.8 Å². The molecule has 6 rings (SSSR count). The van der Waals surface area contributed by atoms with Gasteiger partial charge in [-0.1, -0.05) is 61.0 Å². The van der Waals surface area contributed by atoms with Gasteiger partial charge in [0.05, 0.1) is 29.2 Å². The number of aromatic nitrogens is 4. The number of fused-ring (bicyclic) bond motifs is 2. The summed E-state index contributed by atoms with van der Waals surface area (Å²) in [6.45, 7) is 2.50. The van der Waals surface area contributed by atoms with Crippen LogP contribution < -0.4 is 15.2 Å². The van der Waals surface area contributed by atoms with Crippen molar-refractivity contribution in [3.05, 3.63) is 104 Å². The highest BCUT2D eigenvalue weighted by atomic mass is 35.5. The van der Waals surface area contributed by atoms with Gasteiger partial charge in [0.15, 0.2) is 0 Å². The van der Waals surface area contributed by atoms with E-state index in [1.54, 1.807) is 18.2 Å². The molecule has 2 aromatic heterocycles. The van der Waals surface area contributed by atoms with Gasteiger partial charge >= 0.3 is 6.01 Å². The van der Waals surface area contributed by atoms with Gasteiger partial charge in [-0.05, 0) is 24.3 Å². The van der Waals surface area contributed by atoms with Gasteiger partial charge in [0.2, 0.25) is 5.95 Å². The Morgan fingerprint density at radius 2 is 1.90 bits per heavy atom. The first-order valence-electron chi connectivity index (χ1n) is 13.3. The van der Waals surface area contributed by atoms with E-state index >= 15 is 0 Å². The molecule has 1 unspecified atom stereocenters. The zero-order chi connectivity index (χ0) is 27.9. The number of benzene rings is 2. The first kappa shape index (κ1) is 26.3. The first-order chi connectivity index (χ1) is 19.3. The number of para-hydroxylation sites is 1. The van der Waals surface area contributed by atoms with E-state index in [4.69, 9.17) is 21.3 Å². The number of H-pyrrole nitrogens is 1. The molecule has 3 heterocycles. The largest absolute Gasteiger partial charge is 0.459 e. The lowest BCUT2D eigenvalue weighted by molar-refractivity contribution is -0.0439. The highest BCUT2D eigenvalue weighted by molar-refractivity contribution is 6.31. The van der Waals surface area contributed by atoms with Gasteiger partial charge < -0.3 is 14.6 Å². The Morgan fingerprint density at radius 1 is 1.12 bits per heavy atom. The van der Waals surface area contributed by atoms with Crippen LogP contribution in [-0.4, -0.2) is 32.0 Å². The molecule has 1 N–H and O–H groups in total. The van der Waals surface area contributed by atoms with E-state index in [9.17, 15) is 13.6 Å². The van der Waals surface area contributed by atoms with Crippen molar-refractivity contribution < 1.29 is 13.5 Å². The number of allylic oxidation sites excluding steroid dienone is 1. The van der Waals surface area contributed by atoms with Crippen LogP contribution in [0.3, 0.4) is 0 Å². The number of imidazole rings is 1. The molecular formula is C30H28ClF2N5O2. The average molecular weight is 564 g/mol. The zero-order valence-corrected chi connectivity index (χ0v) is 22.7. The molecule has 0 spiro atoms. The summed E-state index contributed by atoms with van der Waals surface area (Å²) in [5, 5.41) is 0.574. The summed E-state index contributed by atoms with van der Waals surface area (Å²) in [5.41, 5.74) is 3.75. The maximum atomic E-state index is 14.3. The summed E-state index contributed by atoms with van der Waals surface area (Å²) in [5.74, 6) is -3.08. The quantitative estimate of drug-likeness (QED) is 0.299. The van der Waals surface area contributed by atoms with Gasteiger partial charge in [0, 0.05) is 48.0 Å². The number of nitrogens with one attached hydrogen (secondary N) is 1. The molecule has 0 radical (unpaired) electrons. The van der Waals surface area contributed by atoms with E-state index in [2.05, 4.69) is 9.97 Å². The molecule has 0 bridgehead atoms. The summed E-state index contributed by atoms with van der Waals surface area (Å²) in [6.07, 6.45) is 3.69. The number of anilines is 1. The van der Waals surface area contributed by atoms with Crippen LogP contribution in [0.2, 0.25) is 5.02 Å². The molecule has 0 fully saturated rings. The van der Waals surface area contributed by atoms with Crippen molar-refractivity contribution in [3.8, 4) is 11.7 Å². The van der Waals surface area contributed by atoms with Crippen LogP contribution in [0, 0.1) is 5.92 Å². The molecule has 0 amide bonds. The molecule has 1 atom stereocenters. The average Bonchev–Trinajstić information content (AvgIpc) is 3.41. The Bertz CT molecular complexity index is 1630. The SMILES string of the molecule is CCC(F)(F)C1C=Cc2nc(N3CCc4nc(OCc5ccccc5Cl)n(-c5ccccc5)c(=O)c4C3)[nH]c2C1. The van der Waals surface area contributed by atoms with E-state index in [1.807, 2.05) is 53.4 Å². The Hall–Kier alpha value is -3.98. The Labute approximate surface area is 235 Å². The smallest absolute Gasteiger partial charge is 0.304 e. The van der Waals surface area contributed by atoms with Gasteiger partial charge in [0.1, 0.15) is 6.61 Å². The Kier molecular flexibility index (Phi) is 6.92. The van der Waals surface area contributed by atoms with Crippen molar-refractivity contribution >= 4 is 23.6 Å². The predicted octanol–water partition coefficient (Wildman–Crippen LogP) is 5.98. The van der Waals surface area contributed by atoms with Crippen LogP contribution in [-0.2, 0) is 26.0 Å². The van der Waals surface area contributed by atoms with Crippen molar-refractivity contribution in [2.45, 2.75) is 45.3 Å². The van der Waals surface area contributed by atoms with Crippen LogP contribution in [0.4, 0.5) is 14.7 Å². The second-order valence-corrected chi connectivity index (χ2v) is 10.5. The summed E-state index contributed by atoms with van der Waals surface area (Å²) >= 11 is 6.32. The number of hydrogen-bond acceptors (Lipinski definition) is 5. The molecule has 40 heavy (non-hydrogen) atoms. The standard InChI is InChI=1S/C30H28ClF2N5O2/c1-2-30(32,33)20-12-13-25-26(16-20)35-28(34-25)37-15-14-24-22(17-37)27(39)38(21-9-4-3-5-10-21)29(36-24)40-18-19-8-6-7-11-23(19)31/h3-13,20H,2,14-18H2,1H3,(H,34,35). The lowest BCUT2D eigenvalue weighted by Gasteiger charge is -2.28. The molecule has 1 aliphatic carbocycles. The number of halogens is 3. The third kappa shape index (κ3) is 4.90. The highest BCUT2D eigenvalue weighted by Crippen LogP contribution is 2.36. The summed E-state index contributed by atoms with van der Waals surface area (Å²) in [6, 6.07) is 16.8. The topological polar surface area (TPSA) is 76.0 Å². The van der Waals surface area contributed by atoms with Crippen molar-refractivity contribution in [3.63, 3.8) is 0 Å². The number of hydrogen-bond donors (Lipinski definition) is 1. The van der Waals surface area contributed by atoms with Crippen LogP contribution >= 0.6 is 11.6 Å². The van der Waals surface area contributed by atoms with Gasteiger partial charge in [-0.25, -0.2) is 23.3 Å². The lowest BCUT2D eigenvalue weighted by Crippen LogP contribution is -2.38. The number of aromatic amines is 1. The fraction of sp³-hybridized carbons (Fsp3) is 0.300. The van der Waals surface area contributed by atoms with Gasteiger partial charge in [0.25, 0.3) is 11.5 Å². The van der Waals surface area contributed by atoms with Crippen molar-refractivity contribution in [1.29, 1.82) is 0 Å². The fourth-order valence-corrected chi connectivity index (χ4v) is 5.38.